The van der Waals surface area contributed by atoms with Crippen molar-refractivity contribution in [2.75, 3.05) is 7.05 Å². The predicted octanol–water partition coefficient (Wildman–Crippen LogP) is 2.20. The van der Waals surface area contributed by atoms with E-state index in [1.807, 2.05) is 7.05 Å². The van der Waals surface area contributed by atoms with Crippen LogP contribution in [0.25, 0.3) is 0 Å². The van der Waals surface area contributed by atoms with E-state index in [1.165, 1.54) is 6.42 Å². The van der Waals surface area contributed by atoms with Gasteiger partial charge in [0.05, 0.1) is 0 Å². The van der Waals surface area contributed by atoms with Crippen LogP contribution in [-0.2, 0) is 0 Å². The lowest BCUT2D eigenvalue weighted by atomic mass is 10.00. The van der Waals surface area contributed by atoms with Gasteiger partial charge in [0.25, 0.3) is 0 Å². The highest BCUT2D eigenvalue weighted by Gasteiger charge is 2.06. The van der Waals surface area contributed by atoms with E-state index < -0.39 is 0 Å². The zero-order chi connectivity index (χ0) is 7.98. The summed E-state index contributed by atoms with van der Waals surface area (Å²) >= 11 is 0. The van der Waals surface area contributed by atoms with Crippen molar-refractivity contribution in [2.45, 2.75) is 33.2 Å². The molecule has 0 amide bonds. The van der Waals surface area contributed by atoms with Crippen LogP contribution < -0.4 is 5.32 Å². The minimum Gasteiger partial charge on any atom is -0.317 e. The Morgan fingerprint density at radius 2 is 2.00 bits per heavy atom. The molecule has 0 aromatic heterocycles. The van der Waals surface area contributed by atoms with Crippen LogP contribution in [0.4, 0.5) is 0 Å². The maximum absolute atomic E-state index is 3.24. The standard InChI is InChI=1S/C9H19N/c1-5-6-7-8(2)9(3)10-4/h5-6,8-10H,7H2,1-4H3/b6-5-. The average Bonchev–Trinajstić information content (AvgIpc) is 1.98. The van der Waals surface area contributed by atoms with E-state index in [4.69, 9.17) is 0 Å². The first-order valence-electron chi connectivity index (χ1n) is 4.00. The van der Waals surface area contributed by atoms with E-state index >= 15 is 0 Å². The molecule has 1 N–H and O–H groups in total. The molecule has 0 saturated heterocycles. The van der Waals surface area contributed by atoms with Crippen LogP contribution in [0.5, 0.6) is 0 Å². The molecule has 2 atom stereocenters. The SMILES string of the molecule is C/C=C\CC(C)C(C)NC. The first-order valence-corrected chi connectivity index (χ1v) is 4.00. The lowest BCUT2D eigenvalue weighted by Gasteiger charge is -2.16. The summed E-state index contributed by atoms with van der Waals surface area (Å²) in [5.41, 5.74) is 0. The van der Waals surface area contributed by atoms with Crippen LogP contribution in [-0.4, -0.2) is 13.1 Å². The molecule has 0 aromatic rings. The highest BCUT2D eigenvalue weighted by molar-refractivity contribution is 4.81. The van der Waals surface area contributed by atoms with Crippen LogP contribution in [0.3, 0.4) is 0 Å². The van der Waals surface area contributed by atoms with Crippen molar-refractivity contribution in [1.82, 2.24) is 5.32 Å². The zero-order valence-corrected chi connectivity index (χ0v) is 7.52. The lowest BCUT2D eigenvalue weighted by Crippen LogP contribution is -2.28. The largest absolute Gasteiger partial charge is 0.317 e. The minimum absolute atomic E-state index is 0.621. The number of nitrogens with one attached hydrogen (secondary N) is 1. The normalized spacial score (nSPS) is 17.6. The smallest absolute Gasteiger partial charge is 0.00643 e. The molecule has 0 aliphatic heterocycles. The van der Waals surface area contributed by atoms with Gasteiger partial charge in [0.1, 0.15) is 0 Å². The average molecular weight is 141 g/mol. The van der Waals surface area contributed by atoms with Gasteiger partial charge in [-0.25, -0.2) is 0 Å². The zero-order valence-electron chi connectivity index (χ0n) is 7.52. The third-order valence-corrected chi connectivity index (χ3v) is 2.05. The summed E-state index contributed by atoms with van der Waals surface area (Å²) in [5, 5.41) is 3.24. The minimum atomic E-state index is 0.621. The van der Waals surface area contributed by atoms with Crippen molar-refractivity contribution in [3.63, 3.8) is 0 Å². The molecule has 0 aliphatic rings. The topological polar surface area (TPSA) is 12.0 Å². The summed E-state index contributed by atoms with van der Waals surface area (Å²) in [4.78, 5) is 0. The molecule has 2 unspecified atom stereocenters. The quantitative estimate of drug-likeness (QED) is 0.592. The summed E-state index contributed by atoms with van der Waals surface area (Å²) in [6.07, 6.45) is 5.51. The monoisotopic (exact) mass is 141 g/mol. The van der Waals surface area contributed by atoms with Gasteiger partial charge >= 0.3 is 0 Å². The Hall–Kier alpha value is -0.300. The van der Waals surface area contributed by atoms with Gasteiger partial charge in [-0.05, 0) is 33.2 Å². The Labute approximate surface area is 64.5 Å². The van der Waals surface area contributed by atoms with Crippen molar-refractivity contribution in [3.8, 4) is 0 Å². The van der Waals surface area contributed by atoms with Gasteiger partial charge in [-0.1, -0.05) is 19.1 Å². The number of hydrogen-bond donors (Lipinski definition) is 1. The number of allylic oxidation sites excluding steroid dienone is 2. The maximum Gasteiger partial charge on any atom is 0.00643 e. The summed E-state index contributed by atoms with van der Waals surface area (Å²) < 4.78 is 0. The molecular weight excluding hydrogens is 122 g/mol. The van der Waals surface area contributed by atoms with Crippen molar-refractivity contribution in [2.24, 2.45) is 5.92 Å². The fraction of sp³-hybridized carbons (Fsp3) is 0.778. The van der Waals surface area contributed by atoms with E-state index in [-0.39, 0.29) is 0 Å². The van der Waals surface area contributed by atoms with E-state index in [9.17, 15) is 0 Å². The molecule has 0 heterocycles. The van der Waals surface area contributed by atoms with Crippen LogP contribution >= 0.6 is 0 Å². The second-order valence-electron chi connectivity index (χ2n) is 2.86. The predicted molar refractivity (Wildman–Crippen MR) is 47.1 cm³/mol. The third kappa shape index (κ3) is 3.67. The van der Waals surface area contributed by atoms with Gasteiger partial charge in [0, 0.05) is 6.04 Å². The molecule has 0 saturated carbocycles. The van der Waals surface area contributed by atoms with Gasteiger partial charge in [-0.3, -0.25) is 0 Å². The van der Waals surface area contributed by atoms with Crippen molar-refractivity contribution in [1.29, 1.82) is 0 Å². The Morgan fingerprint density at radius 1 is 1.40 bits per heavy atom. The van der Waals surface area contributed by atoms with Gasteiger partial charge in [-0.2, -0.15) is 0 Å². The Morgan fingerprint density at radius 3 is 2.40 bits per heavy atom. The molecule has 10 heavy (non-hydrogen) atoms. The lowest BCUT2D eigenvalue weighted by molar-refractivity contribution is 0.430. The number of hydrogen-bond acceptors (Lipinski definition) is 1. The van der Waals surface area contributed by atoms with E-state index in [0.29, 0.717) is 6.04 Å². The summed E-state index contributed by atoms with van der Waals surface area (Å²) in [6, 6.07) is 0.621. The van der Waals surface area contributed by atoms with Crippen molar-refractivity contribution < 1.29 is 0 Å². The van der Waals surface area contributed by atoms with Crippen LogP contribution in [0.15, 0.2) is 12.2 Å². The highest BCUT2D eigenvalue weighted by atomic mass is 14.9. The molecule has 1 nitrogen and oxygen atoms in total. The van der Waals surface area contributed by atoms with E-state index in [2.05, 4.69) is 38.2 Å². The highest BCUT2D eigenvalue weighted by Crippen LogP contribution is 2.07. The van der Waals surface area contributed by atoms with Crippen LogP contribution in [0, 0.1) is 5.92 Å². The molecule has 0 rings (SSSR count). The van der Waals surface area contributed by atoms with Gasteiger partial charge in [0.2, 0.25) is 0 Å². The molecule has 0 aliphatic carbocycles. The maximum atomic E-state index is 3.24. The van der Waals surface area contributed by atoms with Crippen molar-refractivity contribution in [3.05, 3.63) is 12.2 Å². The van der Waals surface area contributed by atoms with Crippen molar-refractivity contribution >= 4 is 0 Å². The Kier molecular flexibility index (Phi) is 5.32. The Bertz CT molecular complexity index is 96.9. The molecule has 60 valence electrons. The summed E-state index contributed by atoms with van der Waals surface area (Å²) in [6.45, 7) is 6.55. The van der Waals surface area contributed by atoms with E-state index in [0.717, 1.165) is 5.92 Å². The fourth-order valence-electron chi connectivity index (χ4n) is 0.839. The van der Waals surface area contributed by atoms with Crippen LogP contribution in [0.1, 0.15) is 27.2 Å². The second kappa shape index (κ2) is 5.48. The molecule has 0 aromatic carbocycles. The molecule has 0 fully saturated rings. The summed E-state index contributed by atoms with van der Waals surface area (Å²) in [5.74, 6) is 0.737. The van der Waals surface area contributed by atoms with E-state index in [1.54, 1.807) is 0 Å². The van der Waals surface area contributed by atoms with Gasteiger partial charge in [0.15, 0.2) is 0 Å². The second-order valence-corrected chi connectivity index (χ2v) is 2.86. The first kappa shape index (κ1) is 9.70. The molecular formula is C9H19N. The van der Waals surface area contributed by atoms with Crippen LogP contribution in [0.2, 0.25) is 0 Å². The first-order chi connectivity index (χ1) is 4.72. The molecule has 0 spiro atoms. The van der Waals surface area contributed by atoms with Gasteiger partial charge < -0.3 is 5.32 Å². The molecule has 1 heteroatoms. The Balaban J connectivity index is 3.50. The molecule has 0 bridgehead atoms. The molecule has 0 radical (unpaired) electrons. The third-order valence-electron chi connectivity index (χ3n) is 2.05. The van der Waals surface area contributed by atoms with Gasteiger partial charge in [-0.15, -0.1) is 0 Å². The fourth-order valence-corrected chi connectivity index (χ4v) is 0.839. The summed E-state index contributed by atoms with van der Waals surface area (Å²) in [7, 11) is 2.01. The number of rotatable bonds is 4.